The van der Waals surface area contributed by atoms with Gasteiger partial charge in [0.1, 0.15) is 18.8 Å². The lowest BCUT2D eigenvalue weighted by atomic mass is 9.99. The third-order valence-electron chi connectivity index (χ3n) is 3.40. The lowest BCUT2D eigenvalue weighted by molar-refractivity contribution is -0.281. The second-order valence-electron chi connectivity index (χ2n) is 5.86. The van der Waals surface area contributed by atoms with Crippen LogP contribution in [0.25, 0.3) is 0 Å². The molecule has 1 heterocycles. The van der Waals surface area contributed by atoms with Crippen LogP contribution >= 0.6 is 0 Å². The highest BCUT2D eigenvalue weighted by Gasteiger charge is 2.59. The quantitative estimate of drug-likeness (QED) is 0.198. The van der Waals surface area contributed by atoms with Crippen LogP contribution in [0.4, 0.5) is 26.3 Å². The molecule has 0 radical (unpaired) electrons. The van der Waals surface area contributed by atoms with Gasteiger partial charge in [0.15, 0.2) is 18.5 Å². The minimum atomic E-state index is -6.58. The van der Waals surface area contributed by atoms with Crippen molar-refractivity contribution < 1.29 is 80.5 Å². The number of alkyl halides is 6. The van der Waals surface area contributed by atoms with Gasteiger partial charge in [-0.05, 0) is 0 Å². The van der Waals surface area contributed by atoms with Crippen LogP contribution in [0.15, 0.2) is 0 Å². The third kappa shape index (κ3) is 6.88. The van der Waals surface area contributed by atoms with Crippen molar-refractivity contribution in [3.8, 4) is 0 Å². The molecule has 12 nitrogen and oxygen atoms in total. The third-order valence-corrected chi connectivity index (χ3v) is 5.49. The molecule has 1 aliphatic heterocycles. The minimum absolute atomic E-state index is 0.549. The fraction of sp³-hybridized carbons (Fsp3) is 0.833. The Morgan fingerprint density at radius 2 is 1.28 bits per heavy atom. The summed E-state index contributed by atoms with van der Waals surface area (Å²) in [7, 11) is -13.2. The minimum Gasteiger partial charge on any atom is -0.463 e. The number of rotatable bonds is 7. The molecule has 0 spiro atoms. The van der Waals surface area contributed by atoms with Gasteiger partial charge < -0.3 is 19.3 Å². The number of carbonyl (C=O) groups excluding carboxylic acids is 2. The molecule has 0 amide bonds. The number of ether oxygens (including phenoxy) is 3. The predicted octanol–water partition coefficient (Wildman–Crippen LogP) is -0.332. The van der Waals surface area contributed by atoms with Gasteiger partial charge in [0.25, 0.3) is 0 Å². The monoisotopic (exact) mass is 528 g/mol. The molecule has 0 aliphatic carbocycles. The van der Waals surface area contributed by atoms with Crippen molar-refractivity contribution in [1.82, 2.24) is 0 Å². The van der Waals surface area contributed by atoms with E-state index in [4.69, 9.17) is 0 Å². The van der Waals surface area contributed by atoms with Crippen LogP contribution < -0.4 is 0 Å². The summed E-state index contributed by atoms with van der Waals surface area (Å²) in [5.41, 5.74) is -12.2. The molecule has 0 aromatic carbocycles. The van der Waals surface area contributed by atoms with E-state index in [2.05, 4.69) is 22.6 Å². The van der Waals surface area contributed by atoms with E-state index in [1.54, 1.807) is 0 Å². The first-order valence-corrected chi connectivity index (χ1v) is 10.6. The number of aliphatic hydroxyl groups is 1. The molecule has 32 heavy (non-hydrogen) atoms. The summed E-state index contributed by atoms with van der Waals surface area (Å²) >= 11 is 0. The van der Waals surface area contributed by atoms with Gasteiger partial charge in [0, 0.05) is 13.8 Å². The molecule has 0 saturated carbocycles. The highest BCUT2D eigenvalue weighted by Crippen LogP contribution is 2.35. The van der Waals surface area contributed by atoms with Gasteiger partial charge in [-0.2, -0.15) is 43.2 Å². The maximum atomic E-state index is 12.7. The average Bonchev–Trinajstić information content (AvgIpc) is 2.56. The normalized spacial score (nSPS) is 27.6. The number of hydrogen-bond donors (Lipinski definition) is 1. The van der Waals surface area contributed by atoms with Crippen LogP contribution in [-0.2, 0) is 52.4 Å². The van der Waals surface area contributed by atoms with Crippen LogP contribution in [-0.4, -0.2) is 82.2 Å². The van der Waals surface area contributed by atoms with Crippen molar-refractivity contribution in [2.45, 2.75) is 55.6 Å². The van der Waals surface area contributed by atoms with E-state index >= 15 is 0 Å². The Hall–Kier alpha value is -1.74. The van der Waals surface area contributed by atoms with Gasteiger partial charge >= 0.3 is 43.2 Å². The number of aliphatic hydroxyl groups excluding tert-OH is 1. The summed E-state index contributed by atoms with van der Waals surface area (Å²) in [6.07, 6.45) is -13.5. The Morgan fingerprint density at radius 1 is 0.844 bits per heavy atom. The van der Waals surface area contributed by atoms with Gasteiger partial charge in [-0.1, -0.05) is 0 Å². The van der Waals surface area contributed by atoms with Gasteiger partial charge in [-0.25, -0.2) is 0 Å². The topological polar surface area (TPSA) is 169 Å². The van der Waals surface area contributed by atoms with E-state index in [-0.39, 0.29) is 0 Å². The molecule has 0 aromatic heterocycles. The Bertz CT molecular complexity index is 912. The molecule has 1 saturated heterocycles. The molecule has 0 aromatic rings. The molecule has 5 atom stereocenters. The number of halogens is 6. The molecule has 0 unspecified atom stereocenters. The number of hydrogen-bond acceptors (Lipinski definition) is 12. The van der Waals surface area contributed by atoms with Gasteiger partial charge in [0.2, 0.25) is 0 Å². The fourth-order valence-corrected chi connectivity index (χ4v) is 3.42. The highest BCUT2D eigenvalue weighted by atomic mass is 32.2. The van der Waals surface area contributed by atoms with Crippen molar-refractivity contribution in [2.75, 3.05) is 6.61 Å². The molecular weight excluding hydrogens is 514 g/mol. The number of carbonyl (C=O) groups is 2. The lowest BCUT2D eigenvalue weighted by Gasteiger charge is -2.42. The van der Waals surface area contributed by atoms with E-state index < -0.39 is 80.5 Å². The van der Waals surface area contributed by atoms with Crippen LogP contribution in [0, 0.1) is 0 Å². The van der Waals surface area contributed by atoms with Gasteiger partial charge in [-0.15, -0.1) is 0 Å². The molecule has 0 bridgehead atoms. The van der Waals surface area contributed by atoms with Gasteiger partial charge in [0.05, 0.1) is 0 Å². The van der Waals surface area contributed by atoms with Crippen molar-refractivity contribution >= 4 is 32.2 Å². The summed E-state index contributed by atoms with van der Waals surface area (Å²) < 4.78 is 142. The van der Waals surface area contributed by atoms with Crippen molar-refractivity contribution in [2.24, 2.45) is 0 Å². The second-order valence-corrected chi connectivity index (χ2v) is 8.99. The smallest absolute Gasteiger partial charge is 0.463 e. The second kappa shape index (κ2) is 9.63. The summed E-state index contributed by atoms with van der Waals surface area (Å²) in [4.78, 5) is 22.3. The summed E-state index contributed by atoms with van der Waals surface area (Å²) in [5, 5.41) is 9.85. The van der Waals surface area contributed by atoms with E-state index in [9.17, 15) is 57.9 Å². The molecule has 1 aliphatic rings. The van der Waals surface area contributed by atoms with Gasteiger partial charge in [-0.3, -0.25) is 18.0 Å². The summed E-state index contributed by atoms with van der Waals surface area (Å²) in [5.74, 6) is -2.60. The van der Waals surface area contributed by atoms with E-state index in [0.29, 0.717) is 6.92 Å². The first-order chi connectivity index (χ1) is 14.2. The van der Waals surface area contributed by atoms with Crippen LogP contribution in [0.1, 0.15) is 13.8 Å². The Balaban J connectivity index is 3.52. The Kier molecular flexibility index (Phi) is 8.51. The van der Waals surface area contributed by atoms with E-state index in [1.165, 1.54) is 0 Å². The predicted molar refractivity (Wildman–Crippen MR) is 82.8 cm³/mol. The maximum Gasteiger partial charge on any atom is 0.523 e. The molecule has 188 valence electrons. The zero-order valence-electron chi connectivity index (χ0n) is 15.6. The van der Waals surface area contributed by atoms with E-state index in [1.807, 2.05) is 0 Å². The standard InChI is InChI=1S/C12H14F6O12S2/c1-4(19)26-3-6-7(29-31(22,23)11(13,14)15)8(27-5(2)20)9(10(21)28-6)30-32(24,25)12(16,17)18/h6-10,21H,3H2,1-2H3/t6-,7+,8+,9-,10-/m1/s1. The Labute approximate surface area is 175 Å². The molecular formula is C12H14F6O12S2. The van der Waals surface area contributed by atoms with Crippen molar-refractivity contribution in [3.63, 3.8) is 0 Å². The first-order valence-electron chi connectivity index (χ1n) is 7.83. The first kappa shape index (κ1) is 28.3. The molecule has 1 rings (SSSR count). The average molecular weight is 528 g/mol. The van der Waals surface area contributed by atoms with Crippen LogP contribution in [0.2, 0.25) is 0 Å². The molecule has 20 heteroatoms. The largest absolute Gasteiger partial charge is 0.523 e. The SMILES string of the molecule is CC(=O)OC[C@H]1O[C@@H](O)[C@H](OS(=O)(=O)C(F)(F)F)[C@@H](OC(C)=O)[C@H]1OS(=O)(=O)C(F)(F)F. The number of esters is 2. The van der Waals surface area contributed by atoms with E-state index in [0.717, 1.165) is 6.92 Å². The lowest BCUT2D eigenvalue weighted by Crippen LogP contribution is -2.63. The summed E-state index contributed by atoms with van der Waals surface area (Å²) in [6.45, 7) is 0.168. The molecule has 1 fully saturated rings. The fourth-order valence-electron chi connectivity index (χ4n) is 2.17. The summed E-state index contributed by atoms with van der Waals surface area (Å²) in [6, 6.07) is 0. The zero-order chi connectivity index (χ0) is 25.3. The highest BCUT2D eigenvalue weighted by molar-refractivity contribution is 7.87. The Morgan fingerprint density at radius 3 is 1.66 bits per heavy atom. The van der Waals surface area contributed by atoms with Crippen molar-refractivity contribution in [1.29, 1.82) is 0 Å². The van der Waals surface area contributed by atoms with Crippen LogP contribution in [0.5, 0.6) is 0 Å². The van der Waals surface area contributed by atoms with Crippen LogP contribution in [0.3, 0.4) is 0 Å². The zero-order valence-corrected chi connectivity index (χ0v) is 17.2. The maximum absolute atomic E-state index is 12.7. The van der Waals surface area contributed by atoms with Crippen molar-refractivity contribution in [3.05, 3.63) is 0 Å². The molecule has 1 N–H and O–H groups in total.